The summed E-state index contributed by atoms with van der Waals surface area (Å²) >= 11 is 6.34. The molecule has 0 saturated carbocycles. The maximum atomic E-state index is 13.7. The molecule has 3 aromatic heterocycles. The Balaban J connectivity index is 1.48. The van der Waals surface area contributed by atoms with Crippen LogP contribution < -0.4 is 22.3 Å². The van der Waals surface area contributed by atoms with Crippen molar-refractivity contribution >= 4 is 33.5 Å². The van der Waals surface area contributed by atoms with E-state index in [1.807, 2.05) is 29.1 Å². The molecule has 4 aromatic rings. The van der Waals surface area contributed by atoms with Crippen molar-refractivity contribution in [3.8, 4) is 0 Å². The molecule has 214 valence electrons. The number of hydrogen-bond acceptors (Lipinski definition) is 7. The van der Waals surface area contributed by atoms with Crippen LogP contribution >= 0.6 is 11.6 Å². The number of benzene rings is 1. The molecule has 2 fully saturated rings. The molecule has 40 heavy (non-hydrogen) atoms. The number of halogens is 1. The highest BCUT2D eigenvalue weighted by atomic mass is 35.5. The third-order valence-corrected chi connectivity index (χ3v) is 8.47. The van der Waals surface area contributed by atoms with Gasteiger partial charge in [0.05, 0.1) is 18.3 Å². The molecule has 0 radical (unpaired) electrons. The fourth-order valence-electron chi connectivity index (χ4n) is 6.28. The van der Waals surface area contributed by atoms with Crippen molar-refractivity contribution in [2.45, 2.75) is 51.7 Å². The number of rotatable bonds is 9. The van der Waals surface area contributed by atoms with Gasteiger partial charge in [-0.3, -0.25) is 28.8 Å². The predicted molar refractivity (Wildman–Crippen MR) is 156 cm³/mol. The molecule has 2 saturated heterocycles. The lowest BCUT2D eigenvalue weighted by Gasteiger charge is -2.21. The minimum atomic E-state index is -0.348. The van der Waals surface area contributed by atoms with Crippen molar-refractivity contribution in [1.82, 2.24) is 34.1 Å². The van der Waals surface area contributed by atoms with Crippen molar-refractivity contribution in [3.63, 3.8) is 0 Å². The Labute approximate surface area is 236 Å². The Morgan fingerprint density at radius 1 is 1.27 bits per heavy atom. The number of nitrogens with one attached hydrogen (secondary N) is 2. The van der Waals surface area contributed by atoms with Gasteiger partial charge in [0.1, 0.15) is 17.7 Å². The van der Waals surface area contributed by atoms with Gasteiger partial charge in [0.2, 0.25) is 0 Å². The zero-order chi connectivity index (χ0) is 28.3. The highest BCUT2D eigenvalue weighted by Gasteiger charge is 2.49. The summed E-state index contributed by atoms with van der Waals surface area (Å²) in [6.07, 6.45) is 2.90. The second-order valence-corrected chi connectivity index (χ2v) is 12.0. The fraction of sp³-hybridized carbons (Fsp3) is 0.536. The average molecular weight is 569 g/mol. The summed E-state index contributed by atoms with van der Waals surface area (Å²) in [5.74, 6) is 0.493. The summed E-state index contributed by atoms with van der Waals surface area (Å²) in [6.45, 7) is 7.11. The molecule has 0 spiro atoms. The SMILES string of the molecule is CC(C)Cn1c(=O)n(C)c(=O)c2c(C3CC(C4OC4NCCN)CN3C)n(Cc3c[nH]c4ccc(Cl)cc34)nc21. The van der Waals surface area contributed by atoms with Crippen LogP contribution in [0.15, 0.2) is 34.0 Å². The first-order valence-corrected chi connectivity index (χ1v) is 14.3. The van der Waals surface area contributed by atoms with Crippen molar-refractivity contribution in [1.29, 1.82) is 0 Å². The van der Waals surface area contributed by atoms with Crippen LogP contribution in [0.25, 0.3) is 21.9 Å². The standard InChI is InChI=1S/C28H37ClN8O3/c1-15(2)12-36-25-22(27(38)35(4)28(36)39)23(21-9-16(13-34(21)3)24-26(40-24)31-8-7-30)37(33-25)14-17-11-32-20-6-5-18(29)10-19(17)20/h5-6,10-11,15-16,21,24,26,31-32H,7-9,12-14,30H2,1-4H3. The third kappa shape index (κ3) is 4.69. The Bertz CT molecular complexity index is 1680. The minimum Gasteiger partial charge on any atom is -0.361 e. The molecule has 4 atom stereocenters. The van der Waals surface area contributed by atoms with Gasteiger partial charge >= 0.3 is 5.69 Å². The Kier molecular flexibility index (Phi) is 7.12. The van der Waals surface area contributed by atoms with Crippen molar-refractivity contribution < 1.29 is 4.74 Å². The lowest BCUT2D eigenvalue weighted by Crippen LogP contribution is -2.39. The van der Waals surface area contributed by atoms with E-state index in [1.54, 1.807) is 11.6 Å². The van der Waals surface area contributed by atoms with Crippen molar-refractivity contribution in [2.75, 3.05) is 26.7 Å². The largest absolute Gasteiger partial charge is 0.361 e. The normalized spacial score (nSPS) is 23.3. The second-order valence-electron chi connectivity index (χ2n) is 11.6. The van der Waals surface area contributed by atoms with Crippen LogP contribution in [0.3, 0.4) is 0 Å². The zero-order valence-corrected chi connectivity index (χ0v) is 24.1. The molecule has 2 aliphatic rings. The number of fused-ring (bicyclic) bond motifs is 2. The maximum Gasteiger partial charge on any atom is 0.332 e. The monoisotopic (exact) mass is 568 g/mol. The first-order chi connectivity index (χ1) is 19.2. The molecular weight excluding hydrogens is 532 g/mol. The summed E-state index contributed by atoms with van der Waals surface area (Å²) in [4.78, 5) is 32.6. The van der Waals surface area contributed by atoms with Crippen LogP contribution in [0.5, 0.6) is 0 Å². The molecule has 4 unspecified atom stereocenters. The lowest BCUT2D eigenvalue weighted by atomic mass is 9.98. The highest BCUT2D eigenvalue weighted by molar-refractivity contribution is 6.31. The molecule has 2 aliphatic heterocycles. The lowest BCUT2D eigenvalue weighted by molar-refractivity contribution is 0.288. The summed E-state index contributed by atoms with van der Waals surface area (Å²) in [5.41, 5.74) is 8.26. The van der Waals surface area contributed by atoms with Gasteiger partial charge in [0.25, 0.3) is 5.56 Å². The number of aromatic nitrogens is 5. The quantitative estimate of drug-likeness (QED) is 0.263. The number of H-pyrrole nitrogens is 1. The second kappa shape index (κ2) is 10.5. The molecule has 6 rings (SSSR count). The molecule has 11 nitrogen and oxygen atoms in total. The molecule has 0 amide bonds. The number of ether oxygens (including phenoxy) is 1. The van der Waals surface area contributed by atoms with Gasteiger partial charge in [-0.25, -0.2) is 4.79 Å². The zero-order valence-electron chi connectivity index (χ0n) is 23.4. The van der Waals surface area contributed by atoms with E-state index in [2.05, 4.69) is 36.1 Å². The number of nitrogens with two attached hydrogens (primary N) is 1. The van der Waals surface area contributed by atoms with Crippen LogP contribution in [-0.4, -0.2) is 67.8 Å². The van der Waals surface area contributed by atoms with Gasteiger partial charge in [-0.1, -0.05) is 25.4 Å². The van der Waals surface area contributed by atoms with E-state index in [4.69, 9.17) is 27.2 Å². The molecular formula is C28H37ClN8O3. The topological polar surface area (TPSA) is 131 Å². The van der Waals surface area contributed by atoms with E-state index >= 15 is 0 Å². The molecule has 0 aliphatic carbocycles. The summed E-state index contributed by atoms with van der Waals surface area (Å²) in [6, 6.07) is 5.68. The van der Waals surface area contributed by atoms with E-state index in [0.29, 0.717) is 48.2 Å². The number of hydrogen-bond donors (Lipinski definition) is 3. The van der Waals surface area contributed by atoms with Gasteiger partial charge in [-0.05, 0) is 43.1 Å². The van der Waals surface area contributed by atoms with Crippen LogP contribution in [0.4, 0.5) is 0 Å². The Morgan fingerprint density at radius 3 is 2.83 bits per heavy atom. The third-order valence-electron chi connectivity index (χ3n) is 8.24. The predicted octanol–water partition coefficient (Wildman–Crippen LogP) is 2.00. The number of likely N-dealkylation sites (tertiary alicyclic amines) is 1. The number of epoxide rings is 1. The average Bonchev–Trinajstić information content (AvgIpc) is 3.21. The van der Waals surface area contributed by atoms with Gasteiger partial charge < -0.3 is 15.5 Å². The minimum absolute atomic E-state index is 0.0161. The van der Waals surface area contributed by atoms with E-state index in [0.717, 1.165) is 35.1 Å². The molecule has 5 heterocycles. The van der Waals surface area contributed by atoms with Crippen molar-refractivity contribution in [3.05, 3.63) is 61.5 Å². The summed E-state index contributed by atoms with van der Waals surface area (Å²) < 4.78 is 10.7. The van der Waals surface area contributed by atoms with Crippen LogP contribution in [0.2, 0.25) is 5.02 Å². The maximum absolute atomic E-state index is 13.7. The van der Waals surface area contributed by atoms with Gasteiger partial charge in [0, 0.05) is 61.3 Å². The van der Waals surface area contributed by atoms with E-state index in [9.17, 15) is 9.59 Å². The van der Waals surface area contributed by atoms with Crippen LogP contribution in [0, 0.1) is 11.8 Å². The van der Waals surface area contributed by atoms with Crippen molar-refractivity contribution in [2.24, 2.45) is 24.6 Å². The molecule has 1 aromatic carbocycles. The number of aromatic amines is 1. The fourth-order valence-corrected chi connectivity index (χ4v) is 6.45. The Hall–Kier alpha value is -2.96. The van der Waals surface area contributed by atoms with E-state index in [-0.39, 0.29) is 35.5 Å². The molecule has 0 bridgehead atoms. The smallest absolute Gasteiger partial charge is 0.332 e. The van der Waals surface area contributed by atoms with E-state index < -0.39 is 0 Å². The van der Waals surface area contributed by atoms with Gasteiger partial charge in [0.15, 0.2) is 5.65 Å². The first kappa shape index (κ1) is 27.2. The summed E-state index contributed by atoms with van der Waals surface area (Å²) in [5, 5.41) is 10.5. The molecule has 4 N–H and O–H groups in total. The summed E-state index contributed by atoms with van der Waals surface area (Å²) in [7, 11) is 3.63. The van der Waals surface area contributed by atoms with Gasteiger partial charge in [-0.2, -0.15) is 5.10 Å². The molecule has 12 heteroatoms. The van der Waals surface area contributed by atoms with Crippen LogP contribution in [0.1, 0.15) is 37.6 Å². The van der Waals surface area contributed by atoms with E-state index in [1.165, 1.54) is 4.57 Å². The Morgan fingerprint density at radius 2 is 2.08 bits per heavy atom. The highest BCUT2D eigenvalue weighted by Crippen LogP contribution is 2.43. The number of nitrogens with zero attached hydrogens (tertiary/aromatic N) is 5. The van der Waals surface area contributed by atoms with Gasteiger partial charge in [-0.15, -0.1) is 0 Å². The van der Waals surface area contributed by atoms with Crippen LogP contribution in [-0.2, 0) is 24.9 Å². The first-order valence-electron chi connectivity index (χ1n) is 13.9.